The zero-order valence-corrected chi connectivity index (χ0v) is 15.9. The highest BCUT2D eigenvalue weighted by molar-refractivity contribution is 5.95. The van der Waals surface area contributed by atoms with Gasteiger partial charge in [-0.15, -0.1) is 0 Å². The van der Waals surface area contributed by atoms with Gasteiger partial charge in [-0.3, -0.25) is 9.78 Å². The molecule has 8 nitrogen and oxygen atoms in total. The summed E-state index contributed by atoms with van der Waals surface area (Å²) in [6.07, 6.45) is 4.22. The lowest BCUT2D eigenvalue weighted by molar-refractivity contribution is 0.0950. The summed E-state index contributed by atoms with van der Waals surface area (Å²) < 4.78 is 10.2. The number of hydrogen-bond acceptors (Lipinski definition) is 6. The van der Waals surface area contributed by atoms with E-state index in [2.05, 4.69) is 15.5 Å². The second-order valence-corrected chi connectivity index (χ2v) is 6.50. The molecular formula is C19H24N4O4. The lowest BCUT2D eigenvalue weighted by Gasteiger charge is -2.28. The van der Waals surface area contributed by atoms with Gasteiger partial charge in [-0.2, -0.15) is 0 Å². The Bertz CT molecular complexity index is 827. The smallest absolute Gasteiger partial charge is 0.410 e. The fraction of sp³-hybridized carbons (Fsp3) is 0.474. The number of carbonyl (C=O) groups excluding carboxylic acids is 2. The van der Waals surface area contributed by atoms with Crippen molar-refractivity contribution in [2.45, 2.75) is 40.2 Å². The number of amides is 2. The maximum absolute atomic E-state index is 12.6. The molecule has 0 unspecified atom stereocenters. The number of pyridine rings is 1. The Kier molecular flexibility index (Phi) is 5.73. The molecule has 2 aromatic heterocycles. The maximum Gasteiger partial charge on any atom is 0.410 e. The molecule has 0 aliphatic carbocycles. The van der Waals surface area contributed by atoms with Gasteiger partial charge in [0.1, 0.15) is 5.76 Å². The van der Waals surface area contributed by atoms with Gasteiger partial charge in [0.2, 0.25) is 0 Å². The molecule has 0 fully saturated rings. The molecule has 0 bridgehead atoms. The van der Waals surface area contributed by atoms with Crippen LogP contribution in [0.4, 0.5) is 4.79 Å². The Balaban J connectivity index is 1.65. The second-order valence-electron chi connectivity index (χ2n) is 6.50. The molecule has 0 radical (unpaired) electrons. The Morgan fingerprint density at radius 3 is 2.85 bits per heavy atom. The zero-order valence-electron chi connectivity index (χ0n) is 15.9. The molecule has 8 heteroatoms. The highest BCUT2D eigenvalue weighted by atomic mass is 16.6. The van der Waals surface area contributed by atoms with E-state index in [4.69, 9.17) is 9.26 Å². The molecule has 0 saturated heterocycles. The van der Waals surface area contributed by atoms with Gasteiger partial charge in [-0.25, -0.2) is 4.79 Å². The molecule has 2 amide bonds. The molecule has 1 aliphatic rings. The quantitative estimate of drug-likeness (QED) is 0.864. The van der Waals surface area contributed by atoms with Crippen LogP contribution in [-0.2, 0) is 24.1 Å². The molecule has 0 saturated carbocycles. The summed E-state index contributed by atoms with van der Waals surface area (Å²) in [5.41, 5.74) is 4.26. The third-order valence-electron chi connectivity index (χ3n) is 4.75. The number of aromatic nitrogens is 2. The first-order chi connectivity index (χ1) is 13.0. The molecule has 3 rings (SSSR count). The minimum Gasteiger partial charge on any atom is -0.450 e. The lowest BCUT2D eigenvalue weighted by atomic mass is 9.97. The Hall–Kier alpha value is -2.90. The van der Waals surface area contributed by atoms with Crippen molar-refractivity contribution in [3.8, 4) is 0 Å². The molecule has 0 spiro atoms. The van der Waals surface area contributed by atoms with Crippen LogP contribution in [0.5, 0.6) is 0 Å². The number of carbonyl (C=O) groups is 2. The van der Waals surface area contributed by atoms with Crippen molar-refractivity contribution in [1.29, 1.82) is 0 Å². The average molecular weight is 372 g/mol. The van der Waals surface area contributed by atoms with Crippen LogP contribution in [0.2, 0.25) is 0 Å². The average Bonchev–Trinajstić information content (AvgIpc) is 2.99. The predicted molar refractivity (Wildman–Crippen MR) is 97.4 cm³/mol. The van der Waals surface area contributed by atoms with E-state index in [1.807, 2.05) is 13.8 Å². The third kappa shape index (κ3) is 4.10. The minimum atomic E-state index is -0.336. The molecule has 0 aromatic carbocycles. The number of aryl methyl sites for hydroxylation is 2. The first-order valence-electron chi connectivity index (χ1n) is 9.08. The zero-order chi connectivity index (χ0) is 19.4. The molecule has 144 valence electrons. The van der Waals surface area contributed by atoms with Crippen LogP contribution in [0, 0.1) is 13.8 Å². The van der Waals surface area contributed by atoms with E-state index in [0.717, 1.165) is 28.1 Å². The number of fused-ring (bicyclic) bond motifs is 1. The van der Waals surface area contributed by atoms with Gasteiger partial charge in [0, 0.05) is 31.0 Å². The van der Waals surface area contributed by atoms with E-state index in [-0.39, 0.29) is 12.0 Å². The van der Waals surface area contributed by atoms with Gasteiger partial charge in [0.25, 0.3) is 5.91 Å². The number of hydrogen-bond donors (Lipinski definition) is 1. The molecule has 2 aromatic rings. The van der Waals surface area contributed by atoms with Crippen molar-refractivity contribution in [3.63, 3.8) is 0 Å². The Labute approximate surface area is 157 Å². The Morgan fingerprint density at radius 1 is 1.33 bits per heavy atom. The summed E-state index contributed by atoms with van der Waals surface area (Å²) >= 11 is 0. The molecule has 1 N–H and O–H groups in total. The van der Waals surface area contributed by atoms with Gasteiger partial charge < -0.3 is 19.5 Å². The lowest BCUT2D eigenvalue weighted by Crippen LogP contribution is -2.37. The van der Waals surface area contributed by atoms with E-state index in [0.29, 0.717) is 44.6 Å². The van der Waals surface area contributed by atoms with Gasteiger partial charge in [0.05, 0.1) is 24.4 Å². The summed E-state index contributed by atoms with van der Waals surface area (Å²) in [5.74, 6) is 0.621. The monoisotopic (exact) mass is 372 g/mol. The van der Waals surface area contributed by atoms with E-state index in [9.17, 15) is 9.59 Å². The summed E-state index contributed by atoms with van der Waals surface area (Å²) in [6.45, 7) is 7.29. The highest BCUT2D eigenvalue weighted by Gasteiger charge is 2.25. The van der Waals surface area contributed by atoms with Crippen molar-refractivity contribution < 1.29 is 18.8 Å². The summed E-state index contributed by atoms with van der Waals surface area (Å²) in [6, 6.07) is 0. The fourth-order valence-electron chi connectivity index (χ4n) is 3.31. The van der Waals surface area contributed by atoms with Gasteiger partial charge in [-0.1, -0.05) is 5.16 Å². The standard InChI is InChI=1S/C19H24N4O4/c1-4-26-19(25)23-8-6-16-14(11-23)9-20-10-17(16)18(24)21-7-5-15-12(2)22-27-13(15)3/h9-10H,4-8,11H2,1-3H3,(H,21,24). The topological polar surface area (TPSA) is 97.6 Å². The first kappa shape index (κ1) is 18.9. The van der Waals surface area contributed by atoms with E-state index in [1.54, 1.807) is 24.2 Å². The van der Waals surface area contributed by atoms with Crippen LogP contribution in [-0.4, -0.2) is 46.7 Å². The van der Waals surface area contributed by atoms with Crippen LogP contribution < -0.4 is 5.32 Å². The number of nitrogens with zero attached hydrogens (tertiary/aromatic N) is 3. The molecule has 3 heterocycles. The van der Waals surface area contributed by atoms with Crippen molar-refractivity contribution in [2.75, 3.05) is 19.7 Å². The highest BCUT2D eigenvalue weighted by Crippen LogP contribution is 2.22. The second kappa shape index (κ2) is 8.20. The SMILES string of the molecule is CCOC(=O)N1CCc2c(cncc2C(=O)NCCc2c(C)noc2C)C1. The minimum absolute atomic E-state index is 0.157. The van der Waals surface area contributed by atoms with Crippen molar-refractivity contribution in [1.82, 2.24) is 20.4 Å². The molecular weight excluding hydrogens is 348 g/mol. The van der Waals surface area contributed by atoms with Crippen LogP contribution in [0.1, 0.15) is 45.4 Å². The summed E-state index contributed by atoms with van der Waals surface area (Å²) in [4.78, 5) is 30.4. The van der Waals surface area contributed by atoms with Crippen molar-refractivity contribution in [3.05, 3.63) is 46.1 Å². The first-order valence-corrected chi connectivity index (χ1v) is 9.08. The molecule has 1 aliphatic heterocycles. The largest absolute Gasteiger partial charge is 0.450 e. The molecule has 27 heavy (non-hydrogen) atoms. The predicted octanol–water partition coefficient (Wildman–Crippen LogP) is 2.17. The van der Waals surface area contributed by atoms with Crippen molar-refractivity contribution in [2.24, 2.45) is 0 Å². The Morgan fingerprint density at radius 2 is 2.15 bits per heavy atom. The van der Waals surface area contributed by atoms with Crippen LogP contribution in [0.15, 0.2) is 16.9 Å². The third-order valence-corrected chi connectivity index (χ3v) is 4.75. The van der Waals surface area contributed by atoms with Crippen LogP contribution in [0.25, 0.3) is 0 Å². The number of nitrogens with one attached hydrogen (secondary N) is 1. The summed E-state index contributed by atoms with van der Waals surface area (Å²) in [7, 11) is 0. The van der Waals surface area contributed by atoms with Crippen LogP contribution in [0.3, 0.4) is 0 Å². The van der Waals surface area contributed by atoms with E-state index < -0.39 is 0 Å². The normalized spacial score (nSPS) is 13.2. The van der Waals surface area contributed by atoms with Crippen LogP contribution >= 0.6 is 0 Å². The van der Waals surface area contributed by atoms with Gasteiger partial charge >= 0.3 is 6.09 Å². The summed E-state index contributed by atoms with van der Waals surface area (Å²) in [5, 5.41) is 6.87. The van der Waals surface area contributed by atoms with E-state index >= 15 is 0 Å². The molecule has 0 atom stereocenters. The fourth-order valence-corrected chi connectivity index (χ4v) is 3.31. The number of rotatable bonds is 5. The maximum atomic E-state index is 12.6. The van der Waals surface area contributed by atoms with E-state index in [1.165, 1.54) is 0 Å². The number of ether oxygens (including phenoxy) is 1. The van der Waals surface area contributed by atoms with Gasteiger partial charge in [-0.05, 0) is 44.7 Å². The van der Waals surface area contributed by atoms with Crippen molar-refractivity contribution >= 4 is 12.0 Å². The van der Waals surface area contributed by atoms with Gasteiger partial charge in [0.15, 0.2) is 0 Å².